The van der Waals surface area contributed by atoms with Crippen molar-refractivity contribution in [1.29, 1.82) is 0 Å². The van der Waals surface area contributed by atoms with Gasteiger partial charge in [0, 0.05) is 23.3 Å². The van der Waals surface area contributed by atoms with Gasteiger partial charge in [-0.1, -0.05) is 11.6 Å². The molecular weight excluding hydrogens is 505 g/mol. The molecule has 1 aliphatic rings. The molecule has 0 amide bonds. The van der Waals surface area contributed by atoms with Gasteiger partial charge in [0.15, 0.2) is 17.3 Å². The number of aromatic nitrogens is 5. The molecule has 0 radical (unpaired) electrons. The quantitative estimate of drug-likeness (QED) is 0.363. The maximum Gasteiger partial charge on any atom is 0.311 e. The lowest BCUT2D eigenvalue weighted by Gasteiger charge is -2.26. The number of aryl methyl sites for hydroxylation is 1. The standard InChI is InChI=1S/C25H23ClFN5O5/c1-35-20-8-6-16(27)23(25(20)36-2)24-15-12-14(26)5-7-17(15)31-10-3-4-18(31)19(37-24)9-11-32-21(13-22(33)34)28-29-30-32/h3-8,10,12,19,24H,9,11,13H2,1-2H3,(H,33,34)/t19-,24+/m1/s1. The van der Waals surface area contributed by atoms with E-state index in [9.17, 15) is 4.79 Å². The number of benzene rings is 2. The molecule has 2 aromatic heterocycles. The van der Waals surface area contributed by atoms with Crippen LogP contribution in [-0.2, 0) is 22.5 Å². The molecule has 0 bridgehead atoms. The van der Waals surface area contributed by atoms with Crippen LogP contribution < -0.4 is 9.47 Å². The monoisotopic (exact) mass is 527 g/mol. The number of rotatable bonds is 8. The number of fused-ring (bicyclic) bond motifs is 3. The Hall–Kier alpha value is -3.96. The van der Waals surface area contributed by atoms with Crippen LogP contribution in [0.4, 0.5) is 4.39 Å². The number of aliphatic carboxylic acids is 1. The molecule has 1 aliphatic heterocycles. The van der Waals surface area contributed by atoms with E-state index in [1.807, 2.05) is 29.0 Å². The Balaban J connectivity index is 1.61. The third-order valence-corrected chi connectivity index (χ3v) is 6.49. The second-order valence-corrected chi connectivity index (χ2v) is 8.82. The summed E-state index contributed by atoms with van der Waals surface area (Å²) in [6.45, 7) is 0.271. The minimum Gasteiger partial charge on any atom is -0.493 e. The molecule has 0 aliphatic carbocycles. The third-order valence-electron chi connectivity index (χ3n) is 6.25. The number of carboxylic acids is 1. The summed E-state index contributed by atoms with van der Waals surface area (Å²) in [5.41, 5.74) is 2.42. The molecule has 0 unspecified atom stereocenters. The van der Waals surface area contributed by atoms with Crippen LogP contribution in [0, 0.1) is 5.82 Å². The first-order valence-electron chi connectivity index (χ1n) is 11.4. The highest BCUT2D eigenvalue weighted by atomic mass is 35.5. The first-order valence-corrected chi connectivity index (χ1v) is 11.8. The first kappa shape index (κ1) is 24.7. The van der Waals surface area contributed by atoms with Crippen LogP contribution in [-0.4, -0.2) is 50.1 Å². The lowest BCUT2D eigenvalue weighted by molar-refractivity contribution is -0.136. The highest BCUT2D eigenvalue weighted by Gasteiger charge is 2.35. The van der Waals surface area contributed by atoms with Crippen molar-refractivity contribution < 1.29 is 28.5 Å². The average Bonchev–Trinajstić information content (AvgIpc) is 3.51. The van der Waals surface area contributed by atoms with Gasteiger partial charge >= 0.3 is 5.97 Å². The van der Waals surface area contributed by atoms with Crippen LogP contribution in [0.5, 0.6) is 11.5 Å². The molecule has 0 saturated heterocycles. The van der Waals surface area contributed by atoms with E-state index in [1.54, 1.807) is 12.1 Å². The second-order valence-electron chi connectivity index (χ2n) is 8.38. The van der Waals surface area contributed by atoms with E-state index < -0.39 is 24.0 Å². The fourth-order valence-corrected chi connectivity index (χ4v) is 4.83. The molecule has 10 nitrogen and oxygen atoms in total. The Labute approximate surface area is 216 Å². The SMILES string of the molecule is COc1ccc(F)c([C@H]2O[C@H](CCn3nnnc3CC(=O)O)c3cccn3-c3ccc(Cl)cc32)c1OC. The van der Waals surface area contributed by atoms with E-state index >= 15 is 4.39 Å². The van der Waals surface area contributed by atoms with E-state index in [1.165, 1.54) is 31.0 Å². The Bertz CT molecular complexity index is 1460. The zero-order valence-corrected chi connectivity index (χ0v) is 20.7. The number of hydrogen-bond acceptors (Lipinski definition) is 7. The van der Waals surface area contributed by atoms with E-state index in [-0.39, 0.29) is 30.1 Å². The zero-order chi connectivity index (χ0) is 26.1. The molecule has 0 spiro atoms. The maximum absolute atomic E-state index is 15.5. The van der Waals surface area contributed by atoms with E-state index in [2.05, 4.69) is 15.5 Å². The number of halogens is 2. The normalized spacial score (nSPS) is 16.5. The van der Waals surface area contributed by atoms with Crippen molar-refractivity contribution in [1.82, 2.24) is 24.8 Å². The van der Waals surface area contributed by atoms with Gasteiger partial charge in [0.25, 0.3) is 0 Å². The second kappa shape index (κ2) is 10.2. The summed E-state index contributed by atoms with van der Waals surface area (Å²) >= 11 is 6.39. The van der Waals surface area contributed by atoms with Gasteiger partial charge < -0.3 is 23.9 Å². The molecule has 37 heavy (non-hydrogen) atoms. The first-order chi connectivity index (χ1) is 17.9. The van der Waals surface area contributed by atoms with Crippen molar-refractivity contribution in [2.75, 3.05) is 14.2 Å². The third kappa shape index (κ3) is 4.63. The topological polar surface area (TPSA) is 114 Å². The predicted molar refractivity (Wildman–Crippen MR) is 130 cm³/mol. The Morgan fingerprint density at radius 3 is 2.81 bits per heavy atom. The van der Waals surface area contributed by atoms with E-state index in [4.69, 9.17) is 30.9 Å². The molecule has 12 heteroatoms. The highest BCUT2D eigenvalue weighted by molar-refractivity contribution is 6.30. The fraction of sp³-hybridized carbons (Fsp3) is 0.280. The Kier molecular flexibility index (Phi) is 6.81. The summed E-state index contributed by atoms with van der Waals surface area (Å²) in [4.78, 5) is 11.2. The summed E-state index contributed by atoms with van der Waals surface area (Å²) in [5.74, 6) is -0.762. The summed E-state index contributed by atoms with van der Waals surface area (Å²) in [6.07, 6.45) is 0.494. The van der Waals surface area contributed by atoms with Crippen molar-refractivity contribution in [2.45, 2.75) is 31.6 Å². The summed E-state index contributed by atoms with van der Waals surface area (Å²) in [5, 5.41) is 21.0. The summed E-state index contributed by atoms with van der Waals surface area (Å²) < 4.78 is 36.6. The van der Waals surface area contributed by atoms with Crippen molar-refractivity contribution in [2.24, 2.45) is 0 Å². The van der Waals surface area contributed by atoms with Gasteiger partial charge in [-0.15, -0.1) is 5.10 Å². The zero-order valence-electron chi connectivity index (χ0n) is 20.0. The van der Waals surface area contributed by atoms with Crippen LogP contribution in [0.3, 0.4) is 0 Å². The van der Waals surface area contributed by atoms with Crippen molar-refractivity contribution in [3.8, 4) is 17.2 Å². The lowest BCUT2D eigenvalue weighted by Crippen LogP contribution is -2.17. The van der Waals surface area contributed by atoms with Gasteiger partial charge in [-0.3, -0.25) is 4.79 Å². The van der Waals surface area contributed by atoms with Gasteiger partial charge in [-0.05, 0) is 59.3 Å². The van der Waals surface area contributed by atoms with Gasteiger partial charge in [-0.2, -0.15) is 0 Å². The smallest absolute Gasteiger partial charge is 0.311 e. The van der Waals surface area contributed by atoms with Crippen molar-refractivity contribution in [3.05, 3.63) is 82.1 Å². The predicted octanol–water partition coefficient (Wildman–Crippen LogP) is 4.15. The number of carboxylic acid groups (broad SMARTS) is 1. The molecular formula is C25H23ClFN5O5. The molecule has 5 rings (SSSR count). The minimum atomic E-state index is -1.04. The number of carbonyl (C=O) groups is 1. The van der Waals surface area contributed by atoms with Crippen molar-refractivity contribution >= 4 is 17.6 Å². The highest BCUT2D eigenvalue weighted by Crippen LogP contribution is 2.47. The molecule has 2 aromatic carbocycles. The minimum absolute atomic E-state index is 0.176. The lowest BCUT2D eigenvalue weighted by atomic mass is 9.97. The van der Waals surface area contributed by atoms with Crippen LogP contribution in [0.25, 0.3) is 5.69 Å². The number of nitrogens with zero attached hydrogens (tertiary/aromatic N) is 5. The maximum atomic E-state index is 15.5. The van der Waals surface area contributed by atoms with Crippen LogP contribution in [0.1, 0.15) is 41.3 Å². The van der Waals surface area contributed by atoms with Gasteiger partial charge in [-0.25, -0.2) is 9.07 Å². The van der Waals surface area contributed by atoms with Crippen LogP contribution >= 0.6 is 11.6 Å². The molecule has 1 N–H and O–H groups in total. The van der Waals surface area contributed by atoms with Gasteiger partial charge in [0.1, 0.15) is 24.4 Å². The van der Waals surface area contributed by atoms with E-state index in [0.29, 0.717) is 22.8 Å². The Morgan fingerprint density at radius 2 is 2.05 bits per heavy atom. The number of methoxy groups -OCH3 is 2. The summed E-state index contributed by atoms with van der Waals surface area (Å²) in [7, 11) is 2.92. The number of tetrazole rings is 1. The van der Waals surface area contributed by atoms with Crippen molar-refractivity contribution in [3.63, 3.8) is 0 Å². The van der Waals surface area contributed by atoms with Gasteiger partial charge in [0.05, 0.1) is 31.2 Å². The van der Waals surface area contributed by atoms with Crippen LogP contribution in [0.2, 0.25) is 5.02 Å². The molecule has 192 valence electrons. The van der Waals surface area contributed by atoms with Gasteiger partial charge in [0.2, 0.25) is 0 Å². The number of hydrogen-bond donors (Lipinski definition) is 1. The van der Waals surface area contributed by atoms with E-state index in [0.717, 1.165) is 11.4 Å². The molecule has 0 saturated carbocycles. The average molecular weight is 528 g/mol. The molecule has 4 aromatic rings. The fourth-order valence-electron chi connectivity index (χ4n) is 4.65. The van der Waals surface area contributed by atoms with Crippen LogP contribution in [0.15, 0.2) is 48.7 Å². The molecule has 3 heterocycles. The number of ether oxygens (including phenoxy) is 3. The molecule has 2 atom stereocenters. The largest absolute Gasteiger partial charge is 0.493 e. The Morgan fingerprint density at radius 1 is 1.22 bits per heavy atom. The molecule has 0 fully saturated rings. The summed E-state index contributed by atoms with van der Waals surface area (Å²) in [6, 6.07) is 12.0.